The van der Waals surface area contributed by atoms with Crippen LogP contribution in [0.1, 0.15) is 30.4 Å². The third-order valence-corrected chi connectivity index (χ3v) is 5.28. The molecule has 2 aromatic carbocycles. The van der Waals surface area contributed by atoms with Gasteiger partial charge >= 0.3 is 0 Å². The molecule has 3 heterocycles. The number of aromatic nitrogens is 3. The minimum Gasteiger partial charge on any atom is -0.361 e. The molecule has 0 radical (unpaired) electrons. The first-order valence-electron chi connectivity index (χ1n) is 9.00. The summed E-state index contributed by atoms with van der Waals surface area (Å²) in [5.41, 5.74) is 2.51. The van der Waals surface area contributed by atoms with Crippen LogP contribution in [0.2, 0.25) is 0 Å². The molecule has 0 aliphatic carbocycles. The van der Waals surface area contributed by atoms with Crippen molar-refractivity contribution in [2.24, 2.45) is 0 Å². The molecule has 1 aliphatic rings. The summed E-state index contributed by atoms with van der Waals surface area (Å²) in [4.78, 5) is 33.9. The van der Waals surface area contributed by atoms with Crippen LogP contribution < -0.4 is 10.9 Å². The Bertz CT molecular complexity index is 1250. The third-order valence-electron chi connectivity index (χ3n) is 5.28. The van der Waals surface area contributed by atoms with E-state index in [0.717, 1.165) is 16.5 Å². The summed E-state index contributed by atoms with van der Waals surface area (Å²) in [6, 6.07) is 14.3. The summed E-state index contributed by atoms with van der Waals surface area (Å²) >= 11 is 0. The standard InChI is InChI=1S/C21H18N4O2/c1-12-19-24-17-9-5-3-7-15(17)21(27)25(19)18(20(26)23-12)10-13-11-22-16-8-4-2-6-14(13)16/h2-9,11-12,18,22H,10H2,1H3,(H,23,26)/t12-,18-/m0/s1. The molecule has 0 bridgehead atoms. The van der Waals surface area contributed by atoms with E-state index < -0.39 is 6.04 Å². The van der Waals surface area contributed by atoms with E-state index in [1.165, 1.54) is 0 Å². The molecule has 1 amide bonds. The molecule has 1 aliphatic heterocycles. The van der Waals surface area contributed by atoms with E-state index in [2.05, 4.69) is 15.3 Å². The van der Waals surface area contributed by atoms with Crippen molar-refractivity contribution in [3.8, 4) is 0 Å². The number of fused-ring (bicyclic) bond motifs is 3. The number of nitrogens with one attached hydrogen (secondary N) is 2. The van der Waals surface area contributed by atoms with Crippen molar-refractivity contribution in [1.29, 1.82) is 0 Å². The van der Waals surface area contributed by atoms with Crippen molar-refractivity contribution in [3.63, 3.8) is 0 Å². The lowest BCUT2D eigenvalue weighted by Gasteiger charge is -2.31. The van der Waals surface area contributed by atoms with Crippen molar-refractivity contribution in [2.75, 3.05) is 0 Å². The average Bonchev–Trinajstić information content (AvgIpc) is 3.08. The molecular weight excluding hydrogens is 340 g/mol. The van der Waals surface area contributed by atoms with E-state index in [1.807, 2.05) is 55.6 Å². The number of hydrogen-bond donors (Lipinski definition) is 2. The summed E-state index contributed by atoms with van der Waals surface area (Å²) in [6.45, 7) is 1.85. The van der Waals surface area contributed by atoms with Gasteiger partial charge in [-0.1, -0.05) is 30.3 Å². The summed E-state index contributed by atoms with van der Waals surface area (Å²) in [6.07, 6.45) is 2.34. The Kier molecular flexibility index (Phi) is 3.40. The zero-order chi connectivity index (χ0) is 18.5. The number of para-hydroxylation sites is 2. The molecule has 2 atom stereocenters. The number of hydrogen-bond acceptors (Lipinski definition) is 3. The van der Waals surface area contributed by atoms with Crippen molar-refractivity contribution in [1.82, 2.24) is 19.9 Å². The molecule has 0 fully saturated rings. The summed E-state index contributed by atoms with van der Waals surface area (Å²) in [5, 5.41) is 4.56. The summed E-state index contributed by atoms with van der Waals surface area (Å²) < 4.78 is 1.58. The number of aromatic amines is 1. The van der Waals surface area contributed by atoms with Gasteiger partial charge in [0.2, 0.25) is 5.91 Å². The van der Waals surface area contributed by atoms with Gasteiger partial charge in [-0.3, -0.25) is 14.2 Å². The molecular formula is C21H18N4O2. The van der Waals surface area contributed by atoms with Gasteiger partial charge in [-0.15, -0.1) is 0 Å². The molecule has 0 saturated heterocycles. The van der Waals surface area contributed by atoms with Crippen LogP contribution in [0.25, 0.3) is 21.8 Å². The van der Waals surface area contributed by atoms with Crippen LogP contribution in [-0.4, -0.2) is 20.4 Å². The van der Waals surface area contributed by atoms with Crippen LogP contribution in [0.4, 0.5) is 0 Å². The number of benzene rings is 2. The maximum absolute atomic E-state index is 13.2. The molecule has 2 N–H and O–H groups in total. The topological polar surface area (TPSA) is 79.8 Å². The number of carbonyl (C=O) groups excluding carboxylic acids is 1. The Morgan fingerprint density at radius 2 is 1.78 bits per heavy atom. The third kappa shape index (κ3) is 2.37. The van der Waals surface area contributed by atoms with Crippen molar-refractivity contribution >= 4 is 27.7 Å². The van der Waals surface area contributed by atoms with Gasteiger partial charge in [0, 0.05) is 23.5 Å². The maximum Gasteiger partial charge on any atom is 0.262 e. The van der Waals surface area contributed by atoms with Gasteiger partial charge in [0.15, 0.2) is 0 Å². The van der Waals surface area contributed by atoms with E-state index in [0.29, 0.717) is 23.1 Å². The van der Waals surface area contributed by atoms with E-state index in [9.17, 15) is 9.59 Å². The van der Waals surface area contributed by atoms with Gasteiger partial charge in [-0.2, -0.15) is 0 Å². The predicted octanol–water partition coefficient (Wildman–Crippen LogP) is 2.85. The van der Waals surface area contributed by atoms with Crippen LogP contribution in [0.5, 0.6) is 0 Å². The van der Waals surface area contributed by atoms with Crippen molar-refractivity contribution in [3.05, 3.63) is 76.5 Å². The van der Waals surface area contributed by atoms with Gasteiger partial charge in [-0.25, -0.2) is 4.98 Å². The number of H-pyrrole nitrogens is 1. The second kappa shape index (κ2) is 5.81. The largest absolute Gasteiger partial charge is 0.361 e. The number of rotatable bonds is 2. The Balaban J connectivity index is 1.70. The fraction of sp³-hybridized carbons (Fsp3) is 0.190. The normalized spacial score (nSPS) is 19.2. The van der Waals surface area contributed by atoms with Crippen LogP contribution >= 0.6 is 0 Å². The highest BCUT2D eigenvalue weighted by Crippen LogP contribution is 2.28. The van der Waals surface area contributed by atoms with E-state index >= 15 is 0 Å². The van der Waals surface area contributed by atoms with Gasteiger partial charge in [0.1, 0.15) is 11.9 Å². The van der Waals surface area contributed by atoms with Gasteiger partial charge in [0.25, 0.3) is 5.56 Å². The minimum atomic E-state index is -0.625. The molecule has 0 spiro atoms. The minimum absolute atomic E-state index is 0.153. The number of amides is 1. The fourth-order valence-electron chi connectivity index (χ4n) is 3.95. The fourth-order valence-corrected chi connectivity index (χ4v) is 3.95. The monoisotopic (exact) mass is 358 g/mol. The van der Waals surface area contributed by atoms with Crippen LogP contribution in [0.3, 0.4) is 0 Å². The SMILES string of the molecule is C[C@@H]1NC(=O)[C@H](Cc2c[nH]c3ccccc23)n2c1nc1ccccc1c2=O. The van der Waals surface area contributed by atoms with E-state index in [1.54, 1.807) is 10.6 Å². The lowest BCUT2D eigenvalue weighted by Crippen LogP contribution is -2.47. The molecule has 6 nitrogen and oxygen atoms in total. The van der Waals surface area contributed by atoms with Gasteiger partial charge in [0.05, 0.1) is 16.9 Å². The predicted molar refractivity (Wildman–Crippen MR) is 104 cm³/mol. The van der Waals surface area contributed by atoms with Gasteiger partial charge < -0.3 is 10.3 Å². The Hall–Kier alpha value is -3.41. The quantitative estimate of drug-likeness (QED) is 0.578. The highest BCUT2D eigenvalue weighted by atomic mass is 16.2. The second-order valence-corrected chi connectivity index (χ2v) is 6.97. The molecule has 0 saturated carbocycles. The maximum atomic E-state index is 13.2. The average molecular weight is 358 g/mol. The first-order valence-corrected chi connectivity index (χ1v) is 9.00. The number of carbonyl (C=O) groups is 1. The van der Waals surface area contributed by atoms with Gasteiger partial charge in [-0.05, 0) is 30.7 Å². The van der Waals surface area contributed by atoms with Crippen LogP contribution in [0, 0.1) is 0 Å². The molecule has 6 heteroatoms. The van der Waals surface area contributed by atoms with E-state index in [4.69, 9.17) is 0 Å². The highest BCUT2D eigenvalue weighted by Gasteiger charge is 2.34. The smallest absolute Gasteiger partial charge is 0.262 e. The molecule has 27 heavy (non-hydrogen) atoms. The summed E-state index contributed by atoms with van der Waals surface area (Å²) in [7, 11) is 0. The van der Waals surface area contributed by atoms with Crippen molar-refractivity contribution < 1.29 is 4.79 Å². The Labute approximate surface area is 154 Å². The molecule has 134 valence electrons. The van der Waals surface area contributed by atoms with Crippen LogP contribution in [0.15, 0.2) is 59.5 Å². The second-order valence-electron chi connectivity index (χ2n) is 6.97. The van der Waals surface area contributed by atoms with Crippen LogP contribution in [-0.2, 0) is 11.2 Å². The Morgan fingerprint density at radius 1 is 1.04 bits per heavy atom. The molecule has 0 unspecified atom stereocenters. The van der Waals surface area contributed by atoms with Crippen molar-refractivity contribution in [2.45, 2.75) is 25.4 Å². The summed E-state index contributed by atoms with van der Waals surface area (Å²) in [5.74, 6) is 0.447. The first-order chi connectivity index (χ1) is 13.1. The molecule has 4 aromatic rings. The number of nitrogens with zero attached hydrogens (tertiary/aromatic N) is 2. The lowest BCUT2D eigenvalue weighted by molar-refractivity contribution is -0.126. The van der Waals surface area contributed by atoms with E-state index in [-0.39, 0.29) is 17.5 Å². The zero-order valence-corrected chi connectivity index (χ0v) is 14.8. The first kappa shape index (κ1) is 15.8. The Morgan fingerprint density at radius 3 is 2.63 bits per heavy atom. The highest BCUT2D eigenvalue weighted by molar-refractivity contribution is 5.87. The molecule has 5 rings (SSSR count). The lowest BCUT2D eigenvalue weighted by atomic mass is 10.0. The molecule has 2 aromatic heterocycles. The zero-order valence-electron chi connectivity index (χ0n) is 14.8.